The van der Waals surface area contributed by atoms with Crippen molar-refractivity contribution in [2.75, 3.05) is 5.32 Å². The largest absolute Gasteiger partial charge is 0.382 e. The summed E-state index contributed by atoms with van der Waals surface area (Å²) >= 11 is 0. The number of hydrogen-bond acceptors (Lipinski definition) is 1. The minimum absolute atomic E-state index is 0.624. The van der Waals surface area contributed by atoms with Gasteiger partial charge in [-0.2, -0.15) is 0 Å². The van der Waals surface area contributed by atoms with Crippen LogP contribution >= 0.6 is 0 Å². The van der Waals surface area contributed by atoms with E-state index >= 15 is 0 Å². The van der Waals surface area contributed by atoms with Crippen molar-refractivity contribution < 1.29 is 0 Å². The molecule has 1 fully saturated rings. The molecule has 1 N–H and O–H groups in total. The van der Waals surface area contributed by atoms with Gasteiger partial charge in [-0.25, -0.2) is 0 Å². The van der Waals surface area contributed by atoms with Gasteiger partial charge in [0, 0.05) is 11.7 Å². The van der Waals surface area contributed by atoms with Gasteiger partial charge in [-0.1, -0.05) is 39.3 Å². The Morgan fingerprint density at radius 2 is 1.81 bits per heavy atom. The van der Waals surface area contributed by atoms with Crippen molar-refractivity contribution in [3.8, 4) is 0 Å². The molecular formula is C15H23N. The molecule has 0 aliphatic heterocycles. The molecule has 88 valence electrons. The smallest absolute Gasteiger partial charge is 0.0342 e. The van der Waals surface area contributed by atoms with Gasteiger partial charge in [0.2, 0.25) is 0 Å². The van der Waals surface area contributed by atoms with E-state index in [9.17, 15) is 0 Å². The Balaban J connectivity index is 1.99. The molecule has 0 bridgehead atoms. The summed E-state index contributed by atoms with van der Waals surface area (Å²) in [6.45, 7) is 6.83. The van der Waals surface area contributed by atoms with Gasteiger partial charge in [0.05, 0.1) is 0 Å². The second-order valence-electron chi connectivity index (χ2n) is 5.44. The molecule has 1 aromatic rings. The second-order valence-corrected chi connectivity index (χ2v) is 5.44. The summed E-state index contributed by atoms with van der Waals surface area (Å²) in [4.78, 5) is 0. The highest BCUT2D eigenvalue weighted by molar-refractivity contribution is 5.46. The fourth-order valence-corrected chi connectivity index (χ4v) is 2.54. The van der Waals surface area contributed by atoms with E-state index in [2.05, 4.69) is 50.4 Å². The maximum absolute atomic E-state index is 3.66. The Labute approximate surface area is 99.3 Å². The molecule has 1 aliphatic carbocycles. The zero-order valence-electron chi connectivity index (χ0n) is 10.7. The second kappa shape index (κ2) is 4.90. The predicted molar refractivity (Wildman–Crippen MR) is 71.0 cm³/mol. The van der Waals surface area contributed by atoms with Gasteiger partial charge >= 0.3 is 0 Å². The Bertz CT molecular complexity index is 326. The molecule has 2 unspecified atom stereocenters. The Hall–Kier alpha value is -0.980. The Morgan fingerprint density at radius 1 is 1.12 bits per heavy atom. The molecule has 0 saturated heterocycles. The lowest BCUT2D eigenvalue weighted by atomic mass is 10.0. The van der Waals surface area contributed by atoms with Gasteiger partial charge in [0.15, 0.2) is 0 Å². The molecule has 0 heterocycles. The third-order valence-corrected chi connectivity index (χ3v) is 3.79. The van der Waals surface area contributed by atoms with Crippen LogP contribution < -0.4 is 5.32 Å². The van der Waals surface area contributed by atoms with Gasteiger partial charge in [-0.3, -0.25) is 0 Å². The van der Waals surface area contributed by atoms with Gasteiger partial charge in [0.1, 0.15) is 0 Å². The van der Waals surface area contributed by atoms with Crippen LogP contribution in [0.1, 0.15) is 51.5 Å². The van der Waals surface area contributed by atoms with Crippen LogP contribution in [0.3, 0.4) is 0 Å². The number of nitrogens with one attached hydrogen (secondary N) is 1. The van der Waals surface area contributed by atoms with Crippen molar-refractivity contribution in [3.63, 3.8) is 0 Å². The van der Waals surface area contributed by atoms with E-state index in [1.165, 1.54) is 30.5 Å². The summed E-state index contributed by atoms with van der Waals surface area (Å²) in [5, 5.41) is 3.66. The SMILES string of the molecule is CC(C)c1ccc(NC2CCCC2C)cc1. The molecule has 0 aromatic heterocycles. The quantitative estimate of drug-likeness (QED) is 0.790. The molecular weight excluding hydrogens is 194 g/mol. The van der Waals surface area contributed by atoms with E-state index in [1.54, 1.807) is 0 Å². The van der Waals surface area contributed by atoms with Gasteiger partial charge in [-0.05, 0) is 42.4 Å². The molecule has 2 rings (SSSR count). The minimum atomic E-state index is 0.624. The molecule has 2 atom stereocenters. The normalized spacial score (nSPS) is 25.0. The van der Waals surface area contributed by atoms with Crippen molar-refractivity contribution in [1.29, 1.82) is 0 Å². The average Bonchev–Trinajstić information content (AvgIpc) is 2.65. The molecule has 0 amide bonds. The standard InChI is InChI=1S/C15H23N/c1-11(2)13-7-9-14(10-8-13)16-15-6-4-5-12(15)3/h7-12,15-16H,4-6H2,1-3H3. The number of anilines is 1. The molecule has 16 heavy (non-hydrogen) atoms. The summed E-state index contributed by atoms with van der Waals surface area (Å²) in [6.07, 6.45) is 4.08. The summed E-state index contributed by atoms with van der Waals surface area (Å²) in [6, 6.07) is 9.62. The highest BCUT2D eigenvalue weighted by Crippen LogP contribution is 2.28. The van der Waals surface area contributed by atoms with Crippen LogP contribution in [0.2, 0.25) is 0 Å². The van der Waals surface area contributed by atoms with Crippen LogP contribution in [0.15, 0.2) is 24.3 Å². The monoisotopic (exact) mass is 217 g/mol. The zero-order valence-corrected chi connectivity index (χ0v) is 10.7. The average molecular weight is 217 g/mol. The lowest BCUT2D eigenvalue weighted by Gasteiger charge is -2.19. The van der Waals surface area contributed by atoms with Crippen LogP contribution in [0.25, 0.3) is 0 Å². The van der Waals surface area contributed by atoms with Crippen molar-refractivity contribution in [1.82, 2.24) is 0 Å². The van der Waals surface area contributed by atoms with Crippen LogP contribution in [0.4, 0.5) is 5.69 Å². The highest BCUT2D eigenvalue weighted by atomic mass is 14.9. The third-order valence-electron chi connectivity index (χ3n) is 3.79. The lowest BCUT2D eigenvalue weighted by Crippen LogP contribution is -2.21. The Morgan fingerprint density at radius 3 is 2.31 bits per heavy atom. The first-order valence-electron chi connectivity index (χ1n) is 6.53. The van der Waals surface area contributed by atoms with E-state index in [0.717, 1.165) is 5.92 Å². The molecule has 1 saturated carbocycles. The van der Waals surface area contributed by atoms with Crippen LogP contribution in [0, 0.1) is 5.92 Å². The first-order valence-corrected chi connectivity index (χ1v) is 6.53. The summed E-state index contributed by atoms with van der Waals surface area (Å²) in [5.74, 6) is 1.45. The molecule has 0 radical (unpaired) electrons. The Kier molecular flexibility index (Phi) is 3.52. The fourth-order valence-electron chi connectivity index (χ4n) is 2.54. The van der Waals surface area contributed by atoms with E-state index < -0.39 is 0 Å². The summed E-state index contributed by atoms with van der Waals surface area (Å²) < 4.78 is 0. The fraction of sp³-hybridized carbons (Fsp3) is 0.600. The first-order chi connectivity index (χ1) is 7.66. The molecule has 1 aromatic carbocycles. The van der Waals surface area contributed by atoms with Gasteiger partial charge < -0.3 is 5.32 Å². The molecule has 1 aliphatic rings. The van der Waals surface area contributed by atoms with Gasteiger partial charge in [-0.15, -0.1) is 0 Å². The highest BCUT2D eigenvalue weighted by Gasteiger charge is 2.22. The molecule has 1 nitrogen and oxygen atoms in total. The molecule has 0 spiro atoms. The maximum atomic E-state index is 3.66. The van der Waals surface area contributed by atoms with E-state index in [1.807, 2.05) is 0 Å². The van der Waals surface area contributed by atoms with Gasteiger partial charge in [0.25, 0.3) is 0 Å². The van der Waals surface area contributed by atoms with Crippen LogP contribution in [-0.2, 0) is 0 Å². The maximum Gasteiger partial charge on any atom is 0.0342 e. The van der Waals surface area contributed by atoms with Crippen molar-refractivity contribution in [3.05, 3.63) is 29.8 Å². The number of benzene rings is 1. The van der Waals surface area contributed by atoms with E-state index in [4.69, 9.17) is 0 Å². The topological polar surface area (TPSA) is 12.0 Å². The molecule has 1 heteroatoms. The predicted octanol–water partition coefficient (Wildman–Crippen LogP) is 4.41. The minimum Gasteiger partial charge on any atom is -0.382 e. The van der Waals surface area contributed by atoms with Crippen molar-refractivity contribution in [2.45, 2.75) is 52.0 Å². The summed E-state index contributed by atoms with van der Waals surface area (Å²) in [5.41, 5.74) is 2.70. The van der Waals surface area contributed by atoms with Crippen molar-refractivity contribution >= 4 is 5.69 Å². The van der Waals surface area contributed by atoms with Crippen molar-refractivity contribution in [2.24, 2.45) is 5.92 Å². The first kappa shape index (κ1) is 11.5. The van der Waals surface area contributed by atoms with E-state index in [0.29, 0.717) is 12.0 Å². The van der Waals surface area contributed by atoms with E-state index in [-0.39, 0.29) is 0 Å². The lowest BCUT2D eigenvalue weighted by molar-refractivity contribution is 0.556. The third kappa shape index (κ3) is 2.58. The zero-order chi connectivity index (χ0) is 11.5. The van der Waals surface area contributed by atoms with Crippen LogP contribution in [-0.4, -0.2) is 6.04 Å². The number of rotatable bonds is 3. The number of hydrogen-bond donors (Lipinski definition) is 1. The summed E-state index contributed by atoms with van der Waals surface area (Å²) in [7, 11) is 0. The van der Waals surface area contributed by atoms with Crippen LogP contribution in [0.5, 0.6) is 0 Å².